The van der Waals surface area contributed by atoms with Gasteiger partial charge < -0.3 is 14.8 Å². The van der Waals surface area contributed by atoms with E-state index in [4.69, 9.17) is 32.7 Å². The van der Waals surface area contributed by atoms with Crippen molar-refractivity contribution in [2.24, 2.45) is 0 Å². The molecule has 2 aromatic carbocycles. The maximum absolute atomic E-state index is 12.2. The van der Waals surface area contributed by atoms with E-state index < -0.39 is 0 Å². The van der Waals surface area contributed by atoms with Gasteiger partial charge in [0, 0.05) is 10.0 Å². The second kappa shape index (κ2) is 11.2. The monoisotopic (exact) mass is 498 g/mol. The summed E-state index contributed by atoms with van der Waals surface area (Å²) >= 11 is 14.1. The molecule has 3 rings (SSSR count). The van der Waals surface area contributed by atoms with Gasteiger partial charge in [0.1, 0.15) is 11.5 Å². The van der Waals surface area contributed by atoms with Crippen LogP contribution in [0.4, 0.5) is 10.8 Å². The number of hydrogen-bond acceptors (Lipinski definition) is 8. The van der Waals surface area contributed by atoms with Gasteiger partial charge in [-0.05, 0) is 42.5 Å². The first-order valence-corrected chi connectivity index (χ1v) is 11.3. The number of thioether (sulfide) groups is 1. The van der Waals surface area contributed by atoms with Crippen molar-refractivity contribution in [2.45, 2.75) is 4.34 Å². The van der Waals surface area contributed by atoms with Crippen molar-refractivity contribution in [3.8, 4) is 11.5 Å². The number of rotatable bonds is 9. The summed E-state index contributed by atoms with van der Waals surface area (Å²) in [5, 5.41) is 14.6. The molecule has 0 radical (unpaired) electrons. The Hall–Kier alpha value is -2.53. The molecule has 1 heterocycles. The van der Waals surface area contributed by atoms with E-state index in [2.05, 4.69) is 20.8 Å². The Bertz CT molecular complexity index is 1060. The zero-order valence-corrected chi connectivity index (χ0v) is 19.2. The number of halogens is 2. The second-order valence-corrected chi connectivity index (χ2v) is 8.92. The maximum Gasteiger partial charge on any atom is 0.264 e. The Labute approximate surface area is 196 Å². The van der Waals surface area contributed by atoms with E-state index in [0.717, 1.165) is 11.3 Å². The summed E-state index contributed by atoms with van der Waals surface area (Å²) in [6.07, 6.45) is 0. The Morgan fingerprint density at radius 3 is 2.52 bits per heavy atom. The van der Waals surface area contributed by atoms with Crippen molar-refractivity contribution < 1.29 is 19.1 Å². The van der Waals surface area contributed by atoms with Gasteiger partial charge >= 0.3 is 0 Å². The van der Waals surface area contributed by atoms with E-state index in [1.54, 1.807) is 42.5 Å². The zero-order valence-electron chi connectivity index (χ0n) is 16.1. The van der Waals surface area contributed by atoms with Crippen molar-refractivity contribution in [1.82, 2.24) is 10.2 Å². The highest BCUT2D eigenvalue weighted by atomic mass is 35.5. The van der Waals surface area contributed by atoms with E-state index in [0.29, 0.717) is 36.7 Å². The van der Waals surface area contributed by atoms with Crippen LogP contribution in [0.25, 0.3) is 0 Å². The van der Waals surface area contributed by atoms with Crippen LogP contribution in [0.3, 0.4) is 0 Å². The highest BCUT2D eigenvalue weighted by Gasteiger charge is 2.13. The lowest BCUT2D eigenvalue weighted by Gasteiger charge is -2.09. The van der Waals surface area contributed by atoms with Gasteiger partial charge in [0.25, 0.3) is 5.91 Å². The normalized spacial score (nSPS) is 10.4. The molecular formula is C19H16Cl2N4O4S2. The van der Waals surface area contributed by atoms with Gasteiger partial charge in [0.05, 0.1) is 18.6 Å². The van der Waals surface area contributed by atoms with Gasteiger partial charge in [0.2, 0.25) is 11.0 Å². The van der Waals surface area contributed by atoms with E-state index >= 15 is 0 Å². The summed E-state index contributed by atoms with van der Waals surface area (Å²) in [5.41, 5.74) is 0.478. The third kappa shape index (κ3) is 7.28. The molecule has 3 aromatic rings. The molecule has 162 valence electrons. The molecule has 0 fully saturated rings. The number of carbonyl (C=O) groups excluding carboxylic acids is 2. The fourth-order valence-electron chi connectivity index (χ4n) is 2.25. The Kier molecular flexibility index (Phi) is 8.35. The molecule has 0 saturated carbocycles. The van der Waals surface area contributed by atoms with Crippen LogP contribution in [0, 0.1) is 0 Å². The predicted molar refractivity (Wildman–Crippen MR) is 123 cm³/mol. The Morgan fingerprint density at radius 1 is 1.03 bits per heavy atom. The van der Waals surface area contributed by atoms with Crippen molar-refractivity contribution >= 4 is 68.9 Å². The van der Waals surface area contributed by atoms with E-state index in [1.807, 2.05) is 0 Å². The minimum atomic E-state index is -0.381. The van der Waals surface area contributed by atoms with Crippen LogP contribution in [0.2, 0.25) is 10.0 Å². The van der Waals surface area contributed by atoms with Crippen LogP contribution in [0.1, 0.15) is 0 Å². The Balaban J connectivity index is 1.45. The molecule has 0 unspecified atom stereocenters. The number of nitrogens with zero attached hydrogens (tertiary/aromatic N) is 2. The summed E-state index contributed by atoms with van der Waals surface area (Å²) < 4.78 is 11.1. The largest absolute Gasteiger partial charge is 0.495 e. The molecule has 0 atom stereocenters. The minimum Gasteiger partial charge on any atom is -0.495 e. The average Bonchev–Trinajstić information content (AvgIpc) is 3.19. The number of anilines is 2. The number of methoxy groups -OCH3 is 1. The molecule has 12 heteroatoms. The van der Waals surface area contributed by atoms with Gasteiger partial charge in [-0.15, -0.1) is 10.2 Å². The SMILES string of the molecule is COc1ccc(Cl)cc1NC(=O)CSc1nnc(NC(=O)COc2ccc(Cl)cc2)s1. The zero-order chi connectivity index (χ0) is 22.2. The highest BCUT2D eigenvalue weighted by molar-refractivity contribution is 8.01. The van der Waals surface area contributed by atoms with Crippen LogP contribution in [0.5, 0.6) is 11.5 Å². The second-order valence-electron chi connectivity index (χ2n) is 5.85. The Morgan fingerprint density at radius 2 is 1.77 bits per heavy atom. The summed E-state index contributed by atoms with van der Waals surface area (Å²) in [7, 11) is 1.51. The predicted octanol–water partition coefficient (Wildman–Crippen LogP) is 4.60. The molecule has 0 bridgehead atoms. The average molecular weight is 499 g/mol. The molecule has 1 aromatic heterocycles. The highest BCUT2D eigenvalue weighted by Crippen LogP contribution is 2.29. The van der Waals surface area contributed by atoms with Crippen molar-refractivity contribution in [1.29, 1.82) is 0 Å². The number of nitrogens with one attached hydrogen (secondary N) is 2. The molecule has 0 saturated heterocycles. The summed E-state index contributed by atoms with van der Waals surface area (Å²) in [5.74, 6) is 0.480. The summed E-state index contributed by atoms with van der Waals surface area (Å²) in [6.45, 7) is -0.187. The third-order valence-electron chi connectivity index (χ3n) is 3.60. The maximum atomic E-state index is 12.2. The number of carbonyl (C=O) groups is 2. The molecule has 0 aliphatic rings. The molecular weight excluding hydrogens is 483 g/mol. The lowest BCUT2D eigenvalue weighted by atomic mass is 10.3. The fourth-order valence-corrected chi connectivity index (χ4v) is 4.11. The first kappa shape index (κ1) is 23.1. The van der Waals surface area contributed by atoms with Crippen LogP contribution in [-0.4, -0.2) is 41.5 Å². The van der Waals surface area contributed by atoms with E-state index in [1.165, 1.54) is 18.9 Å². The van der Waals surface area contributed by atoms with Gasteiger partial charge in [-0.25, -0.2) is 0 Å². The van der Waals surface area contributed by atoms with Crippen LogP contribution < -0.4 is 20.1 Å². The van der Waals surface area contributed by atoms with Gasteiger partial charge in [-0.2, -0.15) is 0 Å². The van der Waals surface area contributed by atoms with E-state index in [-0.39, 0.29) is 24.2 Å². The molecule has 0 aliphatic carbocycles. The van der Waals surface area contributed by atoms with Crippen LogP contribution in [0.15, 0.2) is 46.8 Å². The van der Waals surface area contributed by atoms with Crippen LogP contribution in [-0.2, 0) is 9.59 Å². The van der Waals surface area contributed by atoms with Gasteiger partial charge in [-0.1, -0.05) is 46.3 Å². The topological polar surface area (TPSA) is 102 Å². The molecule has 2 amide bonds. The van der Waals surface area contributed by atoms with Gasteiger partial charge in [-0.3, -0.25) is 14.9 Å². The van der Waals surface area contributed by atoms with Gasteiger partial charge in [0.15, 0.2) is 10.9 Å². The molecule has 31 heavy (non-hydrogen) atoms. The van der Waals surface area contributed by atoms with Crippen molar-refractivity contribution in [3.05, 3.63) is 52.5 Å². The van der Waals surface area contributed by atoms with Crippen LogP contribution >= 0.6 is 46.3 Å². The quantitative estimate of drug-likeness (QED) is 0.328. The molecule has 8 nitrogen and oxygen atoms in total. The number of hydrogen-bond donors (Lipinski definition) is 2. The lowest BCUT2D eigenvalue weighted by molar-refractivity contribution is -0.118. The number of aromatic nitrogens is 2. The number of benzene rings is 2. The first-order valence-electron chi connectivity index (χ1n) is 8.71. The first-order chi connectivity index (χ1) is 14.9. The smallest absolute Gasteiger partial charge is 0.264 e. The standard InChI is InChI=1S/C19H16Cl2N4O4S2/c1-28-15-7-4-12(21)8-14(15)22-17(27)10-30-19-25-24-18(31-19)23-16(26)9-29-13-5-2-11(20)3-6-13/h2-8H,9-10H2,1H3,(H,22,27)(H,23,24,26). The van der Waals surface area contributed by atoms with Crippen molar-refractivity contribution in [3.63, 3.8) is 0 Å². The molecule has 0 spiro atoms. The fraction of sp³-hybridized carbons (Fsp3) is 0.158. The summed E-state index contributed by atoms with van der Waals surface area (Å²) in [6, 6.07) is 11.6. The molecule has 0 aliphatic heterocycles. The number of ether oxygens (including phenoxy) is 2. The van der Waals surface area contributed by atoms with E-state index in [9.17, 15) is 9.59 Å². The number of amides is 2. The molecule has 2 N–H and O–H groups in total. The third-order valence-corrected chi connectivity index (χ3v) is 6.06. The minimum absolute atomic E-state index is 0.0952. The summed E-state index contributed by atoms with van der Waals surface area (Å²) in [4.78, 5) is 24.2. The lowest BCUT2D eigenvalue weighted by Crippen LogP contribution is -2.20. The van der Waals surface area contributed by atoms with Crippen molar-refractivity contribution in [2.75, 3.05) is 30.1 Å².